The van der Waals surface area contributed by atoms with Crippen LogP contribution in [0, 0.1) is 11.8 Å². The highest BCUT2D eigenvalue weighted by atomic mass is 35.5. The third-order valence-corrected chi connectivity index (χ3v) is 8.18. The first-order valence-corrected chi connectivity index (χ1v) is 12.9. The molecule has 4 rings (SSSR count). The molecule has 2 aliphatic heterocycles. The first-order valence-electron chi connectivity index (χ1n) is 10.7. The molecule has 5 unspecified atom stereocenters. The molecule has 2 fully saturated rings. The number of anilines is 3. The van der Waals surface area contributed by atoms with Gasteiger partial charge < -0.3 is 20.1 Å². The lowest BCUT2D eigenvalue weighted by Crippen LogP contribution is -2.36. The molecule has 0 saturated carbocycles. The molecule has 2 saturated heterocycles. The van der Waals surface area contributed by atoms with Crippen LogP contribution < -0.4 is 10.6 Å². The van der Waals surface area contributed by atoms with E-state index in [2.05, 4.69) is 25.7 Å². The van der Waals surface area contributed by atoms with Crippen LogP contribution in [-0.2, 0) is 26.4 Å². The molecule has 4 heterocycles. The van der Waals surface area contributed by atoms with E-state index in [1.807, 2.05) is 27.1 Å². The third kappa shape index (κ3) is 5.33. The van der Waals surface area contributed by atoms with Crippen LogP contribution in [-0.4, -0.2) is 71.1 Å². The number of hydrogen-bond donors (Lipinski definition) is 2. The minimum Gasteiger partial charge on any atom is -0.373 e. The standard InChI is InChI=1S/C20H29ClN6O4S/c1-4-12(2)10-32(28,29)11-13-8-30-18-16(9-31-17(13)18)25-19-15(21)6-22-20(26-19)24-14-5-23-27(3)7-14/h5-7,12-13,16-18H,4,8-11H2,1-3H3,(H2,22,24,25,26). The summed E-state index contributed by atoms with van der Waals surface area (Å²) in [5, 5.41) is 10.9. The highest BCUT2D eigenvalue weighted by molar-refractivity contribution is 7.91. The van der Waals surface area contributed by atoms with Crippen LogP contribution in [0.4, 0.5) is 17.5 Å². The summed E-state index contributed by atoms with van der Waals surface area (Å²) >= 11 is 6.31. The predicted molar refractivity (Wildman–Crippen MR) is 122 cm³/mol. The van der Waals surface area contributed by atoms with E-state index in [-0.39, 0.29) is 41.6 Å². The molecule has 12 heteroatoms. The highest BCUT2D eigenvalue weighted by Gasteiger charge is 2.49. The van der Waals surface area contributed by atoms with Crippen molar-refractivity contribution in [2.24, 2.45) is 18.9 Å². The number of hydrogen-bond acceptors (Lipinski definition) is 9. The summed E-state index contributed by atoms with van der Waals surface area (Å²) in [5.41, 5.74) is 0.755. The third-order valence-electron chi connectivity index (χ3n) is 5.89. The fraction of sp³-hybridized carbons (Fsp3) is 0.650. The lowest BCUT2D eigenvalue weighted by molar-refractivity contribution is 0.0656. The molecule has 0 aliphatic carbocycles. The van der Waals surface area contributed by atoms with Gasteiger partial charge in [0.25, 0.3) is 0 Å². The number of fused-ring (bicyclic) bond motifs is 1. The molecule has 0 bridgehead atoms. The Morgan fingerprint density at radius 1 is 1.28 bits per heavy atom. The van der Waals surface area contributed by atoms with Crippen molar-refractivity contribution in [3.05, 3.63) is 23.6 Å². The van der Waals surface area contributed by atoms with E-state index in [4.69, 9.17) is 21.1 Å². The van der Waals surface area contributed by atoms with Crippen LogP contribution in [0.1, 0.15) is 20.3 Å². The molecule has 5 atom stereocenters. The van der Waals surface area contributed by atoms with E-state index >= 15 is 0 Å². The molecule has 0 amide bonds. The summed E-state index contributed by atoms with van der Waals surface area (Å²) in [4.78, 5) is 8.67. The molecule has 0 spiro atoms. The van der Waals surface area contributed by atoms with Crippen LogP contribution in [0.2, 0.25) is 5.02 Å². The molecule has 0 radical (unpaired) electrons. The fourth-order valence-electron chi connectivity index (χ4n) is 4.11. The van der Waals surface area contributed by atoms with E-state index in [1.54, 1.807) is 10.9 Å². The van der Waals surface area contributed by atoms with Crippen molar-refractivity contribution in [1.82, 2.24) is 19.7 Å². The molecule has 2 N–H and O–H groups in total. The van der Waals surface area contributed by atoms with Gasteiger partial charge >= 0.3 is 0 Å². The molecule has 32 heavy (non-hydrogen) atoms. The van der Waals surface area contributed by atoms with Gasteiger partial charge in [0.05, 0.1) is 54.9 Å². The first-order chi connectivity index (χ1) is 15.2. The largest absolute Gasteiger partial charge is 0.373 e. The number of aryl methyl sites for hydroxylation is 1. The van der Waals surface area contributed by atoms with Gasteiger partial charge in [-0.3, -0.25) is 4.68 Å². The molecule has 2 aliphatic rings. The maximum absolute atomic E-state index is 12.6. The second-order valence-corrected chi connectivity index (χ2v) is 11.2. The van der Waals surface area contributed by atoms with Gasteiger partial charge in [0.15, 0.2) is 15.7 Å². The maximum Gasteiger partial charge on any atom is 0.229 e. The number of halogens is 1. The Kier molecular flexibility index (Phi) is 6.89. The Balaban J connectivity index is 1.40. The summed E-state index contributed by atoms with van der Waals surface area (Å²) < 4.78 is 38.7. The summed E-state index contributed by atoms with van der Waals surface area (Å²) in [6.07, 6.45) is 5.30. The van der Waals surface area contributed by atoms with Crippen molar-refractivity contribution in [3.63, 3.8) is 0 Å². The lowest BCUT2D eigenvalue weighted by atomic mass is 10.0. The molecule has 2 aromatic heterocycles. The number of nitrogens with one attached hydrogen (secondary N) is 2. The molecule has 10 nitrogen and oxygen atoms in total. The molecular formula is C20H29ClN6O4S. The topological polar surface area (TPSA) is 120 Å². The second kappa shape index (κ2) is 9.50. The Bertz CT molecular complexity index is 1050. The second-order valence-electron chi connectivity index (χ2n) is 8.61. The number of aromatic nitrogens is 4. The Labute approximate surface area is 193 Å². The van der Waals surface area contributed by atoms with Gasteiger partial charge in [-0.25, -0.2) is 13.4 Å². The Morgan fingerprint density at radius 3 is 2.78 bits per heavy atom. The fourth-order valence-corrected chi connectivity index (χ4v) is 6.43. The summed E-state index contributed by atoms with van der Waals surface area (Å²) in [5.74, 6) is 1.08. The predicted octanol–water partition coefficient (Wildman–Crippen LogP) is 2.26. The summed E-state index contributed by atoms with van der Waals surface area (Å²) in [6.45, 7) is 4.70. The van der Waals surface area contributed by atoms with Crippen molar-refractivity contribution in [2.75, 3.05) is 35.4 Å². The Hall–Kier alpha value is -1.95. The summed E-state index contributed by atoms with van der Waals surface area (Å²) in [6, 6.07) is -0.194. The van der Waals surface area contributed by atoms with Crippen LogP contribution >= 0.6 is 11.6 Å². The van der Waals surface area contributed by atoms with Crippen LogP contribution in [0.5, 0.6) is 0 Å². The van der Waals surface area contributed by atoms with E-state index in [0.29, 0.717) is 30.0 Å². The van der Waals surface area contributed by atoms with E-state index in [9.17, 15) is 8.42 Å². The maximum atomic E-state index is 12.6. The minimum atomic E-state index is -3.17. The molecular weight excluding hydrogens is 456 g/mol. The van der Waals surface area contributed by atoms with Gasteiger partial charge in [-0.1, -0.05) is 31.9 Å². The molecule has 2 aromatic rings. The number of rotatable bonds is 9. The van der Waals surface area contributed by atoms with Crippen LogP contribution in [0.3, 0.4) is 0 Å². The van der Waals surface area contributed by atoms with Gasteiger partial charge in [-0.05, 0) is 5.92 Å². The van der Waals surface area contributed by atoms with Crippen molar-refractivity contribution in [2.45, 2.75) is 38.5 Å². The SMILES string of the molecule is CCC(C)CS(=O)(=O)CC1COC2C(Nc3nc(Nc4cnn(C)c4)ncc3Cl)COC12. The number of nitrogens with zero attached hydrogens (tertiary/aromatic N) is 4. The zero-order valence-corrected chi connectivity index (χ0v) is 19.9. The van der Waals surface area contributed by atoms with Crippen molar-refractivity contribution in [1.29, 1.82) is 0 Å². The first kappa shape index (κ1) is 23.2. The quantitative estimate of drug-likeness (QED) is 0.552. The van der Waals surface area contributed by atoms with Gasteiger partial charge in [0.1, 0.15) is 11.1 Å². The zero-order valence-electron chi connectivity index (χ0n) is 18.4. The minimum absolute atomic E-state index is 0.0820. The van der Waals surface area contributed by atoms with E-state index < -0.39 is 9.84 Å². The van der Waals surface area contributed by atoms with Crippen molar-refractivity contribution < 1.29 is 17.9 Å². The summed E-state index contributed by atoms with van der Waals surface area (Å²) in [7, 11) is -1.35. The van der Waals surface area contributed by atoms with Crippen LogP contribution in [0.25, 0.3) is 0 Å². The normalized spacial score (nSPS) is 26.1. The molecule has 176 valence electrons. The van der Waals surface area contributed by atoms with E-state index in [1.165, 1.54) is 6.20 Å². The van der Waals surface area contributed by atoms with Gasteiger partial charge in [0.2, 0.25) is 5.95 Å². The van der Waals surface area contributed by atoms with E-state index in [0.717, 1.165) is 12.1 Å². The van der Waals surface area contributed by atoms with Crippen LogP contribution in [0.15, 0.2) is 18.6 Å². The molecule has 0 aromatic carbocycles. The van der Waals surface area contributed by atoms with Crippen molar-refractivity contribution >= 4 is 38.9 Å². The number of sulfone groups is 1. The number of ether oxygens (including phenoxy) is 2. The lowest BCUT2D eigenvalue weighted by Gasteiger charge is -2.19. The Morgan fingerprint density at radius 2 is 2.06 bits per heavy atom. The highest BCUT2D eigenvalue weighted by Crippen LogP contribution is 2.34. The average molecular weight is 485 g/mol. The average Bonchev–Trinajstić information content (AvgIpc) is 3.43. The van der Waals surface area contributed by atoms with Crippen molar-refractivity contribution in [3.8, 4) is 0 Å². The van der Waals surface area contributed by atoms with Gasteiger partial charge in [-0.15, -0.1) is 0 Å². The zero-order chi connectivity index (χ0) is 22.9. The van der Waals surface area contributed by atoms with Gasteiger partial charge in [0, 0.05) is 19.2 Å². The van der Waals surface area contributed by atoms with Gasteiger partial charge in [-0.2, -0.15) is 10.1 Å². The monoisotopic (exact) mass is 484 g/mol. The smallest absolute Gasteiger partial charge is 0.229 e.